The lowest BCUT2D eigenvalue weighted by atomic mass is 9.77. The molecule has 196 valence electrons. The van der Waals surface area contributed by atoms with Gasteiger partial charge in [0.1, 0.15) is 5.54 Å². The molecule has 38 heavy (non-hydrogen) atoms. The van der Waals surface area contributed by atoms with Crippen molar-refractivity contribution in [2.45, 2.75) is 12.5 Å². The highest BCUT2D eigenvalue weighted by Gasteiger charge is 2.37. The van der Waals surface area contributed by atoms with Crippen LogP contribution in [-0.2, 0) is 4.79 Å². The number of carbonyl (C=O) groups excluding carboxylic acids is 1. The number of benzene rings is 2. The van der Waals surface area contributed by atoms with Gasteiger partial charge in [-0.15, -0.1) is 0 Å². The van der Waals surface area contributed by atoms with E-state index < -0.39 is 17.2 Å². The number of piperazine rings is 1. The summed E-state index contributed by atoms with van der Waals surface area (Å²) in [6.45, 7) is 8.32. The number of nitrogens with one attached hydrogen (secondary N) is 3. The van der Waals surface area contributed by atoms with Crippen molar-refractivity contribution in [3.8, 4) is 0 Å². The molecule has 2 aliphatic heterocycles. The van der Waals surface area contributed by atoms with E-state index in [0.29, 0.717) is 24.7 Å². The molecule has 1 atom stereocenters. The number of fused-ring (bicyclic) bond motifs is 1. The minimum absolute atomic E-state index is 0.00177. The van der Waals surface area contributed by atoms with Crippen LogP contribution in [0.3, 0.4) is 0 Å². The van der Waals surface area contributed by atoms with E-state index in [1.165, 1.54) is 6.08 Å². The van der Waals surface area contributed by atoms with Gasteiger partial charge in [0.2, 0.25) is 11.9 Å². The number of anilines is 3. The first kappa shape index (κ1) is 25.4. The molecule has 1 aliphatic carbocycles. The van der Waals surface area contributed by atoms with Gasteiger partial charge in [-0.05, 0) is 55.4 Å². The Bertz CT molecular complexity index is 1400. The molecule has 0 saturated carbocycles. The lowest BCUT2D eigenvalue weighted by Gasteiger charge is -2.36. The Balaban J connectivity index is 1.41. The Labute approximate surface area is 220 Å². The Morgan fingerprint density at radius 1 is 1.16 bits per heavy atom. The summed E-state index contributed by atoms with van der Waals surface area (Å²) in [5.74, 6) is -1.83. The first-order valence-corrected chi connectivity index (χ1v) is 12.5. The molecule has 1 saturated heterocycles. The number of nitrogens with zero attached hydrogens (tertiary/aromatic N) is 3. The average molecular weight is 517 g/mol. The average Bonchev–Trinajstić information content (AvgIpc) is 2.91. The van der Waals surface area contributed by atoms with Crippen LogP contribution in [-0.4, -0.2) is 55.5 Å². The minimum Gasteiger partial charge on any atom is -0.367 e. The first-order valence-electron chi connectivity index (χ1n) is 12.5. The zero-order valence-electron chi connectivity index (χ0n) is 21.4. The molecule has 1 unspecified atom stereocenters. The van der Waals surface area contributed by atoms with Crippen molar-refractivity contribution >= 4 is 34.5 Å². The largest absolute Gasteiger partial charge is 0.367 e. The van der Waals surface area contributed by atoms with Gasteiger partial charge in [0, 0.05) is 43.6 Å². The SMILES string of the molecule is C=CC(=O)Nc1cccc(C2=CC=CC3=CNC(Nc4ccc(N5CCN(C)CC5)c(F)c4F)=NC32C)c1. The highest BCUT2D eigenvalue weighted by Crippen LogP contribution is 2.41. The van der Waals surface area contributed by atoms with E-state index in [0.717, 1.165) is 29.8 Å². The maximum atomic E-state index is 15.2. The number of guanidine groups is 1. The maximum absolute atomic E-state index is 15.2. The van der Waals surface area contributed by atoms with Crippen molar-refractivity contribution in [1.82, 2.24) is 10.2 Å². The van der Waals surface area contributed by atoms with E-state index in [9.17, 15) is 4.79 Å². The maximum Gasteiger partial charge on any atom is 0.247 e. The molecule has 3 aliphatic rings. The highest BCUT2D eigenvalue weighted by atomic mass is 19.2. The van der Waals surface area contributed by atoms with Crippen LogP contribution in [0.1, 0.15) is 12.5 Å². The van der Waals surface area contributed by atoms with Gasteiger partial charge in [-0.3, -0.25) is 4.79 Å². The molecule has 1 fully saturated rings. The van der Waals surface area contributed by atoms with Crippen molar-refractivity contribution in [3.63, 3.8) is 0 Å². The summed E-state index contributed by atoms with van der Waals surface area (Å²) in [7, 11) is 2.01. The third-order valence-electron chi connectivity index (χ3n) is 7.11. The molecule has 2 aromatic carbocycles. The molecule has 1 amide bonds. The fourth-order valence-corrected chi connectivity index (χ4v) is 4.90. The standard InChI is InChI=1S/C29H30F2N6O/c1-4-25(38)33-21-9-5-7-19(17-21)22-10-6-8-20-18-32-28(35-29(20,22)2)34-23-11-12-24(27(31)26(23)30)37-15-13-36(3)14-16-37/h4-12,17-18H,1,13-16H2,2-3H3,(H,33,38)(H2,32,34,35). The Morgan fingerprint density at radius 3 is 2.71 bits per heavy atom. The first-order chi connectivity index (χ1) is 18.3. The molecular formula is C29H30F2N6O. The summed E-state index contributed by atoms with van der Waals surface area (Å²) in [6.07, 6.45) is 8.86. The zero-order chi connectivity index (χ0) is 26.9. The van der Waals surface area contributed by atoms with Crippen LogP contribution >= 0.6 is 0 Å². The molecule has 2 aromatic rings. The summed E-state index contributed by atoms with van der Waals surface area (Å²) in [5, 5.41) is 8.78. The van der Waals surface area contributed by atoms with Crippen LogP contribution in [0.15, 0.2) is 84.0 Å². The molecule has 0 spiro atoms. The van der Waals surface area contributed by atoms with Crippen molar-refractivity contribution in [2.75, 3.05) is 48.8 Å². The van der Waals surface area contributed by atoms with Gasteiger partial charge in [-0.2, -0.15) is 0 Å². The molecule has 0 radical (unpaired) electrons. The Hall–Kier alpha value is -4.24. The van der Waals surface area contributed by atoms with Crippen LogP contribution in [0.2, 0.25) is 0 Å². The predicted octanol–water partition coefficient (Wildman–Crippen LogP) is 4.51. The summed E-state index contributed by atoms with van der Waals surface area (Å²) in [6, 6.07) is 10.6. The van der Waals surface area contributed by atoms with Gasteiger partial charge in [0.15, 0.2) is 11.6 Å². The number of halogens is 2. The summed E-state index contributed by atoms with van der Waals surface area (Å²) in [5.41, 5.74) is 2.74. The van der Waals surface area contributed by atoms with Gasteiger partial charge in [-0.25, -0.2) is 13.8 Å². The number of rotatable bonds is 5. The summed E-state index contributed by atoms with van der Waals surface area (Å²) in [4.78, 5) is 20.7. The molecular weight excluding hydrogens is 486 g/mol. The summed E-state index contributed by atoms with van der Waals surface area (Å²) < 4.78 is 30.2. The number of hydrogen-bond donors (Lipinski definition) is 3. The van der Waals surface area contributed by atoms with Crippen molar-refractivity contribution < 1.29 is 13.6 Å². The second-order valence-electron chi connectivity index (χ2n) is 9.67. The zero-order valence-corrected chi connectivity index (χ0v) is 21.4. The second-order valence-corrected chi connectivity index (χ2v) is 9.67. The number of likely N-dealkylation sites (N-methyl/N-ethyl adjacent to an activating group) is 1. The normalized spacial score (nSPS) is 20.9. The van der Waals surface area contributed by atoms with Gasteiger partial charge < -0.3 is 25.8 Å². The molecule has 3 N–H and O–H groups in total. The topological polar surface area (TPSA) is 72.0 Å². The van der Waals surface area contributed by atoms with Crippen LogP contribution in [0.25, 0.3) is 5.57 Å². The van der Waals surface area contributed by atoms with Crippen LogP contribution < -0.4 is 20.9 Å². The third-order valence-corrected chi connectivity index (χ3v) is 7.11. The number of aliphatic imine (C=N–C) groups is 1. The third kappa shape index (κ3) is 4.84. The number of hydrogen-bond acceptors (Lipinski definition) is 6. The van der Waals surface area contributed by atoms with E-state index in [2.05, 4.69) is 27.4 Å². The van der Waals surface area contributed by atoms with Crippen molar-refractivity contribution in [3.05, 3.63) is 96.3 Å². The molecule has 0 bridgehead atoms. The van der Waals surface area contributed by atoms with E-state index >= 15 is 8.78 Å². The smallest absolute Gasteiger partial charge is 0.247 e. The van der Waals surface area contributed by atoms with E-state index in [1.54, 1.807) is 24.4 Å². The van der Waals surface area contributed by atoms with Gasteiger partial charge in [-0.1, -0.05) is 36.9 Å². The second kappa shape index (κ2) is 10.3. The summed E-state index contributed by atoms with van der Waals surface area (Å²) >= 11 is 0. The molecule has 9 heteroatoms. The van der Waals surface area contributed by atoms with Gasteiger partial charge >= 0.3 is 0 Å². The fraction of sp³-hybridized carbons (Fsp3) is 0.241. The van der Waals surface area contributed by atoms with Crippen LogP contribution in [0.4, 0.5) is 25.8 Å². The van der Waals surface area contributed by atoms with Gasteiger partial charge in [0.25, 0.3) is 0 Å². The Morgan fingerprint density at radius 2 is 1.95 bits per heavy atom. The number of carbonyl (C=O) groups is 1. The molecule has 0 aromatic heterocycles. The van der Waals surface area contributed by atoms with E-state index in [1.807, 2.05) is 55.3 Å². The molecule has 2 heterocycles. The quantitative estimate of drug-likeness (QED) is 0.511. The lowest BCUT2D eigenvalue weighted by molar-refractivity contribution is -0.111. The van der Waals surface area contributed by atoms with E-state index in [-0.39, 0.29) is 17.3 Å². The fourth-order valence-electron chi connectivity index (χ4n) is 4.90. The lowest BCUT2D eigenvalue weighted by Crippen LogP contribution is -2.45. The van der Waals surface area contributed by atoms with Crippen LogP contribution in [0.5, 0.6) is 0 Å². The molecule has 7 nitrogen and oxygen atoms in total. The van der Waals surface area contributed by atoms with E-state index in [4.69, 9.17) is 4.99 Å². The molecule has 5 rings (SSSR count). The monoisotopic (exact) mass is 516 g/mol. The van der Waals surface area contributed by atoms with Crippen LogP contribution in [0, 0.1) is 11.6 Å². The highest BCUT2D eigenvalue weighted by molar-refractivity contribution is 6.00. The van der Waals surface area contributed by atoms with Crippen molar-refractivity contribution in [2.24, 2.45) is 4.99 Å². The minimum atomic E-state index is -0.948. The Kier molecular flexibility index (Phi) is 6.86. The van der Waals surface area contributed by atoms with Gasteiger partial charge in [0.05, 0.1) is 11.4 Å². The predicted molar refractivity (Wildman–Crippen MR) is 149 cm³/mol. The van der Waals surface area contributed by atoms with Crippen molar-refractivity contribution in [1.29, 1.82) is 0 Å². The number of allylic oxidation sites excluding steroid dienone is 2. The number of amides is 1.